The molecule has 5 nitrogen and oxygen atoms in total. The number of aromatic nitrogens is 4. The second-order valence-corrected chi connectivity index (χ2v) is 3.74. The van der Waals surface area contributed by atoms with E-state index in [9.17, 15) is 0 Å². The highest BCUT2D eigenvalue weighted by Crippen LogP contribution is 2.16. The van der Waals surface area contributed by atoms with Gasteiger partial charge in [-0.1, -0.05) is 20.3 Å². The molecule has 0 radical (unpaired) electrons. The Balaban J connectivity index is 2.26. The summed E-state index contributed by atoms with van der Waals surface area (Å²) in [7, 11) is 0. The molecule has 0 saturated carbocycles. The summed E-state index contributed by atoms with van der Waals surface area (Å²) in [6.07, 6.45) is 4.75. The molecule has 0 atom stereocenters. The Bertz CT molecular complexity index is 462. The third-order valence-corrected chi connectivity index (χ3v) is 2.49. The Morgan fingerprint density at radius 2 is 2.19 bits per heavy atom. The summed E-state index contributed by atoms with van der Waals surface area (Å²) in [6, 6.07) is 0. The first kappa shape index (κ1) is 10.9. The van der Waals surface area contributed by atoms with Crippen molar-refractivity contribution in [2.24, 2.45) is 0 Å². The van der Waals surface area contributed by atoms with E-state index < -0.39 is 0 Å². The van der Waals surface area contributed by atoms with Gasteiger partial charge in [0.05, 0.1) is 0 Å². The van der Waals surface area contributed by atoms with Crippen molar-refractivity contribution in [1.82, 2.24) is 19.9 Å². The van der Waals surface area contributed by atoms with Gasteiger partial charge in [0, 0.05) is 13.0 Å². The van der Waals surface area contributed by atoms with E-state index in [0.717, 1.165) is 42.2 Å². The van der Waals surface area contributed by atoms with Crippen molar-refractivity contribution in [1.29, 1.82) is 0 Å². The van der Waals surface area contributed by atoms with Crippen LogP contribution in [0, 0.1) is 0 Å². The molecule has 0 aromatic carbocycles. The van der Waals surface area contributed by atoms with Crippen LogP contribution in [-0.2, 0) is 6.42 Å². The molecule has 0 aliphatic carbocycles. The van der Waals surface area contributed by atoms with Crippen LogP contribution in [-0.4, -0.2) is 26.5 Å². The number of aromatic amines is 1. The summed E-state index contributed by atoms with van der Waals surface area (Å²) in [5, 5.41) is 3.29. The van der Waals surface area contributed by atoms with Crippen LogP contribution in [0.2, 0.25) is 0 Å². The normalized spacial score (nSPS) is 10.9. The minimum Gasteiger partial charge on any atom is -0.368 e. The minimum absolute atomic E-state index is 0.811. The lowest BCUT2D eigenvalue weighted by Gasteiger charge is -2.03. The maximum Gasteiger partial charge on any atom is 0.163 e. The first-order valence-electron chi connectivity index (χ1n) is 5.78. The number of hydrogen-bond donors (Lipinski definition) is 2. The number of aryl methyl sites for hydroxylation is 1. The summed E-state index contributed by atoms with van der Waals surface area (Å²) in [5.41, 5.74) is 1.65. The van der Waals surface area contributed by atoms with Crippen molar-refractivity contribution < 1.29 is 0 Å². The number of rotatable bonds is 5. The van der Waals surface area contributed by atoms with Gasteiger partial charge < -0.3 is 10.3 Å². The highest BCUT2D eigenvalue weighted by Gasteiger charge is 2.07. The fraction of sp³-hybridized carbons (Fsp3) is 0.545. The number of H-pyrrole nitrogens is 1. The summed E-state index contributed by atoms with van der Waals surface area (Å²) >= 11 is 0. The second-order valence-electron chi connectivity index (χ2n) is 3.74. The van der Waals surface area contributed by atoms with Crippen LogP contribution in [0.1, 0.15) is 32.5 Å². The van der Waals surface area contributed by atoms with Crippen LogP contribution < -0.4 is 5.32 Å². The average molecular weight is 219 g/mol. The van der Waals surface area contributed by atoms with E-state index in [2.05, 4.69) is 39.1 Å². The van der Waals surface area contributed by atoms with Gasteiger partial charge in [0.15, 0.2) is 17.0 Å². The zero-order valence-electron chi connectivity index (χ0n) is 9.75. The number of anilines is 1. The topological polar surface area (TPSA) is 66.5 Å². The molecule has 2 heterocycles. The van der Waals surface area contributed by atoms with Gasteiger partial charge in [-0.15, -0.1) is 0 Å². The molecule has 5 heteroatoms. The quantitative estimate of drug-likeness (QED) is 0.756. The van der Waals surface area contributed by atoms with Crippen molar-refractivity contribution in [2.45, 2.75) is 33.1 Å². The van der Waals surface area contributed by atoms with Crippen LogP contribution in [0.15, 0.2) is 6.33 Å². The fourth-order valence-electron chi connectivity index (χ4n) is 1.56. The number of nitrogens with one attached hydrogen (secondary N) is 2. The molecule has 0 aliphatic heterocycles. The standard InChI is InChI=1S/C11H17N5/c1-3-5-6-12-10-9-11(14-7-13-10)16-8(4-2)15-9/h7H,3-6H2,1-2H3,(H2,12,13,14,15,16). The molecular formula is C11H17N5. The molecule has 2 rings (SSSR count). The van der Waals surface area contributed by atoms with Crippen LogP contribution >= 0.6 is 0 Å². The maximum absolute atomic E-state index is 4.47. The molecule has 0 unspecified atom stereocenters. The van der Waals surface area contributed by atoms with E-state index in [-0.39, 0.29) is 0 Å². The van der Waals surface area contributed by atoms with Crippen LogP contribution in [0.5, 0.6) is 0 Å². The van der Waals surface area contributed by atoms with E-state index in [1.807, 2.05) is 0 Å². The third-order valence-electron chi connectivity index (χ3n) is 2.49. The van der Waals surface area contributed by atoms with Gasteiger partial charge in [-0.25, -0.2) is 15.0 Å². The molecule has 16 heavy (non-hydrogen) atoms. The molecular weight excluding hydrogens is 202 g/mol. The molecule has 86 valence electrons. The molecule has 0 amide bonds. The molecule has 0 saturated heterocycles. The summed E-state index contributed by atoms with van der Waals surface area (Å²) < 4.78 is 0. The molecule has 2 N–H and O–H groups in total. The largest absolute Gasteiger partial charge is 0.368 e. The Kier molecular flexibility index (Phi) is 3.34. The van der Waals surface area contributed by atoms with Crippen molar-refractivity contribution >= 4 is 17.0 Å². The third kappa shape index (κ3) is 2.13. The smallest absolute Gasteiger partial charge is 0.163 e. The average Bonchev–Trinajstić information content (AvgIpc) is 2.73. The lowest BCUT2D eigenvalue weighted by molar-refractivity contribution is 0.831. The van der Waals surface area contributed by atoms with Crippen LogP contribution in [0.25, 0.3) is 11.2 Å². The first-order valence-corrected chi connectivity index (χ1v) is 5.78. The maximum atomic E-state index is 4.47. The van der Waals surface area contributed by atoms with Gasteiger partial charge in [-0.05, 0) is 6.42 Å². The van der Waals surface area contributed by atoms with Gasteiger partial charge in [0.25, 0.3) is 0 Å². The van der Waals surface area contributed by atoms with Gasteiger partial charge >= 0.3 is 0 Å². The summed E-state index contributed by atoms with van der Waals surface area (Å²) in [6.45, 7) is 5.16. The molecule has 0 bridgehead atoms. The molecule has 0 fully saturated rings. The number of nitrogens with zero attached hydrogens (tertiary/aromatic N) is 3. The van der Waals surface area contributed by atoms with Gasteiger partial charge in [0.1, 0.15) is 12.2 Å². The number of imidazole rings is 1. The summed E-state index contributed by atoms with van der Waals surface area (Å²) in [5.74, 6) is 1.78. The Hall–Kier alpha value is -1.65. The molecule has 0 spiro atoms. The van der Waals surface area contributed by atoms with Crippen LogP contribution in [0.3, 0.4) is 0 Å². The fourth-order valence-corrected chi connectivity index (χ4v) is 1.56. The predicted octanol–water partition coefficient (Wildman–Crippen LogP) is 2.13. The lowest BCUT2D eigenvalue weighted by Crippen LogP contribution is -2.03. The Morgan fingerprint density at radius 1 is 1.31 bits per heavy atom. The van der Waals surface area contributed by atoms with Crippen molar-refractivity contribution in [3.63, 3.8) is 0 Å². The van der Waals surface area contributed by atoms with Crippen molar-refractivity contribution in [3.05, 3.63) is 12.2 Å². The van der Waals surface area contributed by atoms with Crippen molar-refractivity contribution in [2.75, 3.05) is 11.9 Å². The minimum atomic E-state index is 0.811. The second kappa shape index (κ2) is 4.92. The predicted molar refractivity (Wildman–Crippen MR) is 64.5 cm³/mol. The lowest BCUT2D eigenvalue weighted by atomic mass is 10.3. The zero-order valence-corrected chi connectivity index (χ0v) is 9.75. The number of unbranched alkanes of at least 4 members (excludes halogenated alkanes) is 1. The van der Waals surface area contributed by atoms with E-state index in [4.69, 9.17) is 0 Å². The van der Waals surface area contributed by atoms with Gasteiger partial charge in [-0.2, -0.15) is 0 Å². The zero-order chi connectivity index (χ0) is 11.4. The number of hydrogen-bond acceptors (Lipinski definition) is 4. The van der Waals surface area contributed by atoms with E-state index >= 15 is 0 Å². The highest BCUT2D eigenvalue weighted by atomic mass is 15.1. The molecule has 2 aromatic heterocycles. The van der Waals surface area contributed by atoms with E-state index in [0.29, 0.717) is 0 Å². The Morgan fingerprint density at radius 3 is 2.94 bits per heavy atom. The molecule has 0 aliphatic rings. The van der Waals surface area contributed by atoms with E-state index in [1.165, 1.54) is 6.42 Å². The highest BCUT2D eigenvalue weighted by molar-refractivity contribution is 5.82. The van der Waals surface area contributed by atoms with Gasteiger partial charge in [-0.3, -0.25) is 0 Å². The number of fused-ring (bicyclic) bond motifs is 1. The SMILES string of the molecule is CCCCNc1ncnc2[nH]c(CC)nc12. The monoisotopic (exact) mass is 219 g/mol. The summed E-state index contributed by atoms with van der Waals surface area (Å²) in [4.78, 5) is 16.0. The first-order chi connectivity index (χ1) is 7.85. The van der Waals surface area contributed by atoms with Crippen LogP contribution in [0.4, 0.5) is 5.82 Å². The Labute approximate surface area is 94.7 Å². The van der Waals surface area contributed by atoms with E-state index in [1.54, 1.807) is 6.33 Å². The van der Waals surface area contributed by atoms with Gasteiger partial charge in [0.2, 0.25) is 0 Å². The molecule has 2 aromatic rings. The van der Waals surface area contributed by atoms with Crippen molar-refractivity contribution in [3.8, 4) is 0 Å².